The number of hydrogen-bond donors (Lipinski definition) is 2. The van der Waals surface area contributed by atoms with Crippen molar-refractivity contribution in [2.24, 2.45) is 5.92 Å². The van der Waals surface area contributed by atoms with Gasteiger partial charge in [-0.15, -0.1) is 0 Å². The van der Waals surface area contributed by atoms with Gasteiger partial charge in [0.1, 0.15) is 6.04 Å². The second kappa shape index (κ2) is 8.83. The number of amides is 2. The average Bonchev–Trinajstić information content (AvgIpc) is 2.56. The molecule has 0 spiro atoms. The van der Waals surface area contributed by atoms with E-state index in [1.54, 1.807) is 0 Å². The van der Waals surface area contributed by atoms with Crippen molar-refractivity contribution >= 4 is 33.4 Å². The molecule has 2 rings (SSSR count). The van der Waals surface area contributed by atoms with E-state index in [1.807, 2.05) is 13.8 Å². The Hall–Kier alpha value is -1.64. The third-order valence-electron chi connectivity index (χ3n) is 4.12. The molecule has 1 aromatic carbocycles. The Labute approximate surface area is 159 Å². The molecular formula is C17H24ClN3O4S. The number of benzene rings is 1. The molecule has 2 amide bonds. The molecule has 1 aliphatic rings. The van der Waals surface area contributed by atoms with Gasteiger partial charge in [0.25, 0.3) is 0 Å². The van der Waals surface area contributed by atoms with Crippen molar-refractivity contribution in [1.29, 1.82) is 0 Å². The molecule has 0 radical (unpaired) electrons. The maximum atomic E-state index is 12.9. The van der Waals surface area contributed by atoms with E-state index in [0.717, 1.165) is 10.7 Å². The van der Waals surface area contributed by atoms with E-state index in [-0.39, 0.29) is 30.3 Å². The van der Waals surface area contributed by atoms with E-state index < -0.39 is 22.0 Å². The summed E-state index contributed by atoms with van der Waals surface area (Å²) in [6.07, 6.45) is 0.603. The summed E-state index contributed by atoms with van der Waals surface area (Å²) >= 11 is 5.81. The molecular weight excluding hydrogens is 378 g/mol. The minimum Gasteiger partial charge on any atom is -0.356 e. The zero-order valence-electron chi connectivity index (χ0n) is 14.9. The van der Waals surface area contributed by atoms with Crippen molar-refractivity contribution < 1.29 is 18.0 Å². The van der Waals surface area contributed by atoms with Crippen LogP contribution < -0.4 is 10.6 Å². The van der Waals surface area contributed by atoms with Crippen LogP contribution >= 0.6 is 11.6 Å². The number of nitrogens with one attached hydrogen (secondary N) is 2. The van der Waals surface area contributed by atoms with Crippen molar-refractivity contribution in [2.45, 2.75) is 37.6 Å². The van der Waals surface area contributed by atoms with Gasteiger partial charge in [0.2, 0.25) is 21.8 Å². The first-order valence-electron chi connectivity index (χ1n) is 8.53. The molecule has 0 aliphatic carbocycles. The van der Waals surface area contributed by atoms with Gasteiger partial charge in [0, 0.05) is 24.7 Å². The highest BCUT2D eigenvalue weighted by Crippen LogP contribution is 2.23. The second-order valence-corrected chi connectivity index (χ2v) is 8.94. The Bertz CT molecular complexity index is 750. The smallest absolute Gasteiger partial charge is 0.243 e. The summed E-state index contributed by atoms with van der Waals surface area (Å²) in [4.78, 5) is 24.4. The summed E-state index contributed by atoms with van der Waals surface area (Å²) < 4.78 is 26.9. The maximum absolute atomic E-state index is 12.9. The van der Waals surface area contributed by atoms with Crippen LogP contribution in [-0.2, 0) is 19.6 Å². The maximum Gasteiger partial charge on any atom is 0.243 e. The normalized spacial score (nSPS) is 18.6. The third kappa shape index (κ3) is 5.18. The Morgan fingerprint density at radius 3 is 2.62 bits per heavy atom. The standard InChI is InChI=1S/C17H24ClN3O4S/c1-12(2)7-8-19-16(22)11-15-17(23)20-9-10-21(15)26(24,25)14-5-3-13(18)4-6-14/h3-6,12,15H,7-11H2,1-2H3,(H,19,22)(H,20,23)/t15-/m0/s1. The van der Waals surface area contributed by atoms with Crippen LogP contribution in [0.15, 0.2) is 29.2 Å². The van der Waals surface area contributed by atoms with E-state index >= 15 is 0 Å². The van der Waals surface area contributed by atoms with E-state index in [2.05, 4.69) is 10.6 Å². The van der Waals surface area contributed by atoms with Gasteiger partial charge in [-0.2, -0.15) is 4.31 Å². The summed E-state index contributed by atoms with van der Waals surface area (Å²) in [5.74, 6) is -0.369. The van der Waals surface area contributed by atoms with E-state index in [4.69, 9.17) is 11.6 Å². The first-order valence-corrected chi connectivity index (χ1v) is 10.4. The van der Waals surface area contributed by atoms with Gasteiger partial charge in [-0.3, -0.25) is 9.59 Å². The molecule has 1 atom stereocenters. The molecule has 1 aliphatic heterocycles. The largest absolute Gasteiger partial charge is 0.356 e. The molecule has 0 saturated carbocycles. The minimum absolute atomic E-state index is 0.0433. The Balaban J connectivity index is 2.15. The monoisotopic (exact) mass is 401 g/mol. The van der Waals surface area contributed by atoms with Crippen molar-refractivity contribution in [3.8, 4) is 0 Å². The van der Waals surface area contributed by atoms with Gasteiger partial charge in [-0.05, 0) is 36.6 Å². The van der Waals surface area contributed by atoms with E-state index in [1.165, 1.54) is 24.3 Å². The predicted molar refractivity (Wildman–Crippen MR) is 99.2 cm³/mol. The molecule has 7 nitrogen and oxygen atoms in total. The lowest BCUT2D eigenvalue weighted by atomic mass is 10.1. The predicted octanol–water partition coefficient (Wildman–Crippen LogP) is 1.38. The van der Waals surface area contributed by atoms with E-state index in [0.29, 0.717) is 17.5 Å². The van der Waals surface area contributed by atoms with Crippen LogP contribution in [-0.4, -0.2) is 50.2 Å². The number of carbonyl (C=O) groups excluding carboxylic acids is 2. The third-order valence-corrected chi connectivity index (χ3v) is 6.30. The number of hydrogen-bond acceptors (Lipinski definition) is 4. The number of nitrogens with zero attached hydrogens (tertiary/aromatic N) is 1. The molecule has 1 heterocycles. The van der Waals surface area contributed by atoms with E-state index in [9.17, 15) is 18.0 Å². The minimum atomic E-state index is -3.91. The summed E-state index contributed by atoms with van der Waals surface area (Å²) in [6, 6.07) is 4.68. The van der Waals surface area contributed by atoms with Crippen molar-refractivity contribution in [3.63, 3.8) is 0 Å². The molecule has 9 heteroatoms. The van der Waals surface area contributed by atoms with Gasteiger partial charge < -0.3 is 10.6 Å². The molecule has 1 fully saturated rings. The molecule has 0 unspecified atom stereocenters. The lowest BCUT2D eigenvalue weighted by molar-refractivity contribution is -0.131. The van der Waals surface area contributed by atoms with Crippen LogP contribution in [0.2, 0.25) is 5.02 Å². The zero-order chi connectivity index (χ0) is 19.3. The number of sulfonamides is 1. The quantitative estimate of drug-likeness (QED) is 0.721. The molecule has 0 bridgehead atoms. The fourth-order valence-corrected chi connectivity index (χ4v) is 4.38. The van der Waals surface area contributed by atoms with Crippen LogP contribution in [0, 0.1) is 5.92 Å². The van der Waals surface area contributed by atoms with Crippen LogP contribution in [0.5, 0.6) is 0 Å². The van der Waals surface area contributed by atoms with Gasteiger partial charge in [0.05, 0.1) is 11.3 Å². The zero-order valence-corrected chi connectivity index (χ0v) is 16.4. The number of halogens is 1. The summed E-state index contributed by atoms with van der Waals surface area (Å²) in [7, 11) is -3.91. The molecule has 0 aromatic heterocycles. The fraction of sp³-hybridized carbons (Fsp3) is 0.529. The molecule has 2 N–H and O–H groups in total. The lowest BCUT2D eigenvalue weighted by Gasteiger charge is -2.33. The van der Waals surface area contributed by atoms with Crippen LogP contribution in [0.3, 0.4) is 0 Å². The number of carbonyl (C=O) groups is 2. The first-order chi connectivity index (χ1) is 12.2. The summed E-state index contributed by atoms with van der Waals surface area (Å²) in [5.41, 5.74) is 0. The van der Waals surface area contributed by atoms with Gasteiger partial charge in [0.15, 0.2) is 0 Å². The first kappa shape index (κ1) is 20.7. The highest BCUT2D eigenvalue weighted by molar-refractivity contribution is 7.89. The van der Waals surface area contributed by atoms with Crippen LogP contribution in [0.25, 0.3) is 0 Å². The molecule has 1 saturated heterocycles. The van der Waals surface area contributed by atoms with Crippen molar-refractivity contribution in [2.75, 3.05) is 19.6 Å². The molecule has 144 valence electrons. The number of piperazine rings is 1. The molecule has 1 aromatic rings. The average molecular weight is 402 g/mol. The number of rotatable bonds is 7. The fourth-order valence-electron chi connectivity index (χ4n) is 2.67. The van der Waals surface area contributed by atoms with Crippen LogP contribution in [0.4, 0.5) is 0 Å². The SMILES string of the molecule is CC(C)CCNC(=O)C[C@H]1C(=O)NCCN1S(=O)(=O)c1ccc(Cl)cc1. The van der Waals surface area contributed by atoms with Gasteiger partial charge in [-0.1, -0.05) is 25.4 Å². The summed E-state index contributed by atoms with van der Waals surface area (Å²) in [6.45, 7) is 4.90. The Morgan fingerprint density at radius 2 is 2.00 bits per heavy atom. The Morgan fingerprint density at radius 1 is 1.35 bits per heavy atom. The molecule has 26 heavy (non-hydrogen) atoms. The Kier molecular flexibility index (Phi) is 7.02. The lowest BCUT2D eigenvalue weighted by Crippen LogP contribution is -2.58. The van der Waals surface area contributed by atoms with Crippen molar-refractivity contribution in [3.05, 3.63) is 29.3 Å². The summed E-state index contributed by atoms with van der Waals surface area (Å²) in [5, 5.41) is 5.79. The highest BCUT2D eigenvalue weighted by Gasteiger charge is 2.39. The van der Waals surface area contributed by atoms with Gasteiger partial charge in [-0.25, -0.2) is 8.42 Å². The topological polar surface area (TPSA) is 95.6 Å². The second-order valence-electron chi connectivity index (χ2n) is 6.61. The van der Waals surface area contributed by atoms with Crippen molar-refractivity contribution in [1.82, 2.24) is 14.9 Å². The highest BCUT2D eigenvalue weighted by atomic mass is 35.5. The van der Waals surface area contributed by atoms with Gasteiger partial charge >= 0.3 is 0 Å². The van der Waals surface area contributed by atoms with Crippen LogP contribution in [0.1, 0.15) is 26.7 Å².